The van der Waals surface area contributed by atoms with Crippen LogP contribution in [0.4, 0.5) is 0 Å². The molecule has 228 valence electrons. The fourth-order valence-electron chi connectivity index (χ4n) is 4.00. The maximum Gasteiger partial charge on any atom is 0.277 e. The molecule has 0 unspecified atom stereocenters. The Balaban J connectivity index is 2.12. The zero-order chi connectivity index (χ0) is 30.6. The van der Waals surface area contributed by atoms with E-state index >= 15 is 0 Å². The fourth-order valence-corrected chi connectivity index (χ4v) is 6.19. The van der Waals surface area contributed by atoms with E-state index in [4.69, 9.17) is 13.1 Å². The lowest BCUT2D eigenvalue weighted by Crippen LogP contribution is -2.37. The molecule has 15 nitrogen and oxygen atoms in total. The number of sulfonamides is 1. The van der Waals surface area contributed by atoms with Gasteiger partial charge in [0.15, 0.2) is 5.52 Å². The molecule has 0 spiro atoms. The molecule has 0 aliphatic rings. The number of fused-ring (bicyclic) bond motifs is 1. The number of ether oxygens (including phenoxy) is 1. The van der Waals surface area contributed by atoms with Gasteiger partial charge in [-0.05, 0) is 31.5 Å². The molecule has 41 heavy (non-hydrogen) atoms. The number of rotatable bonds is 15. The maximum atomic E-state index is 13.7. The highest BCUT2D eigenvalue weighted by Crippen LogP contribution is 2.32. The first-order valence-electron chi connectivity index (χ1n) is 12.5. The van der Waals surface area contributed by atoms with Crippen LogP contribution in [0.5, 0.6) is 5.75 Å². The summed E-state index contributed by atoms with van der Waals surface area (Å²) in [7, 11) is -10.5. The molecule has 0 saturated carbocycles. The third-order valence-corrected chi connectivity index (χ3v) is 8.75. The third kappa shape index (κ3) is 8.32. The molecule has 0 atom stereocenters. The second-order valence-electron chi connectivity index (χ2n) is 8.98. The number of aromatic amines is 1. The van der Waals surface area contributed by atoms with E-state index in [1.807, 2.05) is 6.92 Å². The van der Waals surface area contributed by atoms with E-state index in [0.29, 0.717) is 17.6 Å². The summed E-state index contributed by atoms with van der Waals surface area (Å²) < 4.78 is 90.4. The lowest BCUT2D eigenvalue weighted by molar-refractivity contribution is 0.244. The first kappa shape index (κ1) is 32.6. The van der Waals surface area contributed by atoms with Crippen LogP contribution in [0.15, 0.2) is 27.9 Å². The Morgan fingerprint density at radius 1 is 0.976 bits per heavy atom. The van der Waals surface area contributed by atoms with Crippen LogP contribution >= 0.6 is 0 Å². The molecule has 0 saturated heterocycles. The van der Waals surface area contributed by atoms with E-state index in [2.05, 4.69) is 15.1 Å². The van der Waals surface area contributed by atoms with Crippen LogP contribution < -0.4 is 10.3 Å². The molecule has 3 rings (SSSR count). The van der Waals surface area contributed by atoms with Crippen LogP contribution in [0.25, 0.3) is 22.4 Å². The summed E-state index contributed by atoms with van der Waals surface area (Å²) in [6, 6.07) is 3.95. The molecule has 0 amide bonds. The summed E-state index contributed by atoms with van der Waals surface area (Å²) in [6.07, 6.45) is 2.96. The van der Waals surface area contributed by atoms with E-state index in [-0.39, 0.29) is 34.2 Å². The van der Waals surface area contributed by atoms with E-state index in [9.17, 15) is 30.0 Å². The largest absolute Gasteiger partial charge is 0.493 e. The molecule has 1 N–H and O–H groups in total. The van der Waals surface area contributed by atoms with Gasteiger partial charge in [-0.2, -0.15) is 26.2 Å². The summed E-state index contributed by atoms with van der Waals surface area (Å²) >= 11 is 0. The molecule has 2 heterocycles. The van der Waals surface area contributed by atoms with Crippen molar-refractivity contribution in [3.8, 4) is 17.1 Å². The Morgan fingerprint density at radius 3 is 2.12 bits per heavy atom. The van der Waals surface area contributed by atoms with Gasteiger partial charge in [-0.15, -0.1) is 0 Å². The highest BCUT2D eigenvalue weighted by Gasteiger charge is 2.27. The number of hydrogen-bond donors (Lipinski definition) is 1. The zero-order valence-corrected chi connectivity index (χ0v) is 25.7. The first-order chi connectivity index (χ1) is 19.1. The van der Waals surface area contributed by atoms with Crippen molar-refractivity contribution < 1.29 is 38.4 Å². The van der Waals surface area contributed by atoms with Crippen LogP contribution in [-0.2, 0) is 52.1 Å². The van der Waals surface area contributed by atoms with Crippen molar-refractivity contribution in [2.75, 3.05) is 45.4 Å². The van der Waals surface area contributed by atoms with Crippen LogP contribution in [0, 0.1) is 0 Å². The number of hydrogen-bond acceptors (Lipinski definition) is 12. The Hall–Kier alpha value is -2.90. The summed E-state index contributed by atoms with van der Waals surface area (Å²) in [6.45, 7) is 2.03. The number of nitrogens with one attached hydrogen (secondary N) is 1. The molecule has 3 aromatic rings. The maximum absolute atomic E-state index is 13.7. The summed E-state index contributed by atoms with van der Waals surface area (Å²) in [5.74, 6) is 0.308. The van der Waals surface area contributed by atoms with Gasteiger partial charge in [0.05, 0.1) is 48.5 Å². The molecule has 0 bridgehead atoms. The van der Waals surface area contributed by atoms with Crippen molar-refractivity contribution in [2.24, 2.45) is 7.05 Å². The van der Waals surface area contributed by atoms with Crippen LogP contribution in [0.3, 0.4) is 0 Å². The normalized spacial score (nSPS) is 12.8. The number of aromatic nitrogens is 4. The van der Waals surface area contributed by atoms with Crippen molar-refractivity contribution in [3.63, 3.8) is 0 Å². The molecule has 0 aliphatic heterocycles. The van der Waals surface area contributed by atoms with Gasteiger partial charge in [0, 0.05) is 20.1 Å². The lowest BCUT2D eigenvalue weighted by atomic mass is 10.1. The van der Waals surface area contributed by atoms with Gasteiger partial charge >= 0.3 is 0 Å². The van der Waals surface area contributed by atoms with Crippen LogP contribution in [0.2, 0.25) is 0 Å². The van der Waals surface area contributed by atoms with Crippen molar-refractivity contribution in [1.82, 2.24) is 24.1 Å². The van der Waals surface area contributed by atoms with E-state index in [1.54, 1.807) is 14.0 Å². The third-order valence-electron chi connectivity index (χ3n) is 5.67. The second-order valence-corrected chi connectivity index (χ2v) is 14.2. The minimum absolute atomic E-state index is 0.0562. The predicted octanol–water partition coefficient (Wildman–Crippen LogP) is 0.618. The minimum atomic E-state index is -4.37. The monoisotopic (exact) mass is 635 g/mol. The fraction of sp³-hybridized carbons (Fsp3) is 0.522. The second kappa shape index (κ2) is 13.0. The molecule has 0 radical (unpaired) electrons. The number of nitrogens with zero attached hydrogens (tertiary/aromatic N) is 4. The van der Waals surface area contributed by atoms with Gasteiger partial charge in [0.2, 0.25) is 10.0 Å². The standard InChI is InChI=1S/C23H33N5O10S3/c1-6-8-18-20-21(27(3)26-18)23(29)25-22(24-20)17-15-16(9-10-19(17)36-7-2)41(34,35)28(11-13-37-39(4,30)31)12-14-38-40(5,32)33/h9-10,15H,6-8,11-14H2,1-5H3,(H,24,25,29). The average molecular weight is 636 g/mol. The Morgan fingerprint density at radius 2 is 1.59 bits per heavy atom. The summed E-state index contributed by atoms with van der Waals surface area (Å²) in [5, 5.41) is 4.40. The smallest absolute Gasteiger partial charge is 0.277 e. The van der Waals surface area contributed by atoms with Gasteiger partial charge in [0.1, 0.15) is 17.1 Å². The van der Waals surface area contributed by atoms with Crippen molar-refractivity contribution in [2.45, 2.75) is 31.6 Å². The molecular formula is C23H33N5O10S3. The van der Waals surface area contributed by atoms with Crippen molar-refractivity contribution in [3.05, 3.63) is 34.2 Å². The zero-order valence-electron chi connectivity index (χ0n) is 23.3. The van der Waals surface area contributed by atoms with Crippen LogP contribution in [-0.4, -0.2) is 94.7 Å². The Kier molecular flexibility index (Phi) is 10.3. The van der Waals surface area contributed by atoms with E-state index in [1.165, 1.54) is 22.9 Å². The van der Waals surface area contributed by atoms with Crippen molar-refractivity contribution >= 4 is 41.3 Å². The number of H-pyrrole nitrogens is 1. The van der Waals surface area contributed by atoms with Crippen LogP contribution in [0.1, 0.15) is 26.0 Å². The highest BCUT2D eigenvalue weighted by molar-refractivity contribution is 7.89. The molecule has 2 aromatic heterocycles. The first-order valence-corrected chi connectivity index (χ1v) is 17.6. The quantitative estimate of drug-likeness (QED) is 0.229. The molecule has 1 aromatic carbocycles. The van der Waals surface area contributed by atoms with E-state index < -0.39 is 62.1 Å². The lowest BCUT2D eigenvalue weighted by Gasteiger charge is -2.22. The Bertz CT molecular complexity index is 1740. The average Bonchev–Trinajstić information content (AvgIpc) is 3.17. The topological polar surface area (TPSA) is 197 Å². The SMILES string of the molecule is CCCc1nn(C)c2c(=O)[nH]c(-c3cc(S(=O)(=O)N(CCOS(C)(=O)=O)CCOS(C)(=O)=O)ccc3OCC)nc12. The Labute approximate surface area is 238 Å². The van der Waals surface area contributed by atoms with Gasteiger partial charge in [0.25, 0.3) is 25.8 Å². The number of benzene rings is 1. The molecule has 18 heteroatoms. The van der Waals surface area contributed by atoms with E-state index in [0.717, 1.165) is 23.2 Å². The van der Waals surface area contributed by atoms with Gasteiger partial charge in [-0.25, -0.2) is 13.4 Å². The molecular weight excluding hydrogens is 602 g/mol. The minimum Gasteiger partial charge on any atom is -0.493 e. The summed E-state index contributed by atoms with van der Waals surface area (Å²) in [5.41, 5.74) is 0.957. The molecule has 0 fully saturated rings. The highest BCUT2D eigenvalue weighted by atomic mass is 32.2. The van der Waals surface area contributed by atoms with Gasteiger partial charge < -0.3 is 9.72 Å². The predicted molar refractivity (Wildman–Crippen MR) is 150 cm³/mol. The van der Waals surface area contributed by atoms with Gasteiger partial charge in [-0.1, -0.05) is 13.3 Å². The number of aryl methyl sites for hydroxylation is 2. The summed E-state index contributed by atoms with van der Waals surface area (Å²) in [4.78, 5) is 20.1. The molecule has 0 aliphatic carbocycles. The van der Waals surface area contributed by atoms with Gasteiger partial charge in [-0.3, -0.25) is 17.8 Å². The van der Waals surface area contributed by atoms with Crippen molar-refractivity contribution in [1.29, 1.82) is 0 Å².